The largest absolute Gasteiger partial charge is 0.493 e. The van der Waals surface area contributed by atoms with Gasteiger partial charge in [-0.3, -0.25) is 4.79 Å². The predicted molar refractivity (Wildman–Crippen MR) is 80.2 cm³/mol. The highest BCUT2D eigenvalue weighted by Crippen LogP contribution is 2.27. The number of benzene rings is 1. The molecule has 0 aliphatic rings. The zero-order valence-electron chi connectivity index (χ0n) is 12.4. The maximum absolute atomic E-state index is 10.6. The molecule has 0 amide bonds. The highest BCUT2D eigenvalue weighted by Gasteiger charge is 2.06. The van der Waals surface area contributed by atoms with Crippen molar-refractivity contribution >= 4 is 11.9 Å². The van der Waals surface area contributed by atoms with Crippen molar-refractivity contribution in [2.24, 2.45) is 0 Å². The molecule has 0 fully saturated rings. The van der Waals surface area contributed by atoms with Crippen LogP contribution in [-0.2, 0) is 17.8 Å². The molecule has 0 aliphatic carbocycles. The summed E-state index contributed by atoms with van der Waals surface area (Å²) in [6.45, 7) is 0.513. The number of carboxylic acids is 1. The molecule has 2 rings (SSSR count). The van der Waals surface area contributed by atoms with Crippen LogP contribution < -0.4 is 14.8 Å². The molecule has 0 saturated carbocycles. The first-order valence-corrected chi connectivity index (χ1v) is 6.60. The first-order valence-electron chi connectivity index (χ1n) is 6.60. The van der Waals surface area contributed by atoms with Gasteiger partial charge in [-0.2, -0.15) is 0 Å². The Morgan fingerprint density at radius 2 is 1.82 bits per heavy atom. The van der Waals surface area contributed by atoms with E-state index in [1.807, 2.05) is 18.2 Å². The van der Waals surface area contributed by atoms with Crippen LogP contribution in [0.5, 0.6) is 11.5 Å². The first kappa shape index (κ1) is 15.6. The van der Waals surface area contributed by atoms with Gasteiger partial charge in [-0.05, 0) is 17.7 Å². The Labute approximate surface area is 127 Å². The standard InChI is InChI=1S/C15H17N3O4/c1-21-12-4-3-10(5-13(12)22-2)7-16-15-17-8-11(9-18-15)6-14(19)20/h3-5,8-9H,6-7H2,1-2H3,(H,19,20)(H,16,17,18). The quantitative estimate of drug-likeness (QED) is 0.804. The van der Waals surface area contributed by atoms with E-state index in [0.717, 1.165) is 5.56 Å². The van der Waals surface area contributed by atoms with Gasteiger partial charge in [0.25, 0.3) is 0 Å². The number of nitrogens with one attached hydrogen (secondary N) is 1. The number of nitrogens with zero attached hydrogens (tertiary/aromatic N) is 2. The Kier molecular flexibility index (Phi) is 5.13. The maximum atomic E-state index is 10.6. The zero-order chi connectivity index (χ0) is 15.9. The van der Waals surface area contributed by atoms with Gasteiger partial charge in [0.1, 0.15) is 0 Å². The van der Waals surface area contributed by atoms with Crippen LogP contribution in [-0.4, -0.2) is 35.3 Å². The van der Waals surface area contributed by atoms with E-state index in [1.165, 1.54) is 12.4 Å². The highest BCUT2D eigenvalue weighted by atomic mass is 16.5. The van der Waals surface area contributed by atoms with Crippen molar-refractivity contribution in [2.75, 3.05) is 19.5 Å². The Bertz CT molecular complexity index is 644. The van der Waals surface area contributed by atoms with Gasteiger partial charge in [0, 0.05) is 24.5 Å². The van der Waals surface area contributed by atoms with Crippen molar-refractivity contribution in [1.29, 1.82) is 0 Å². The summed E-state index contributed by atoms with van der Waals surface area (Å²) in [5.41, 5.74) is 1.54. The number of aliphatic carboxylic acids is 1. The van der Waals surface area contributed by atoms with Gasteiger partial charge in [0.15, 0.2) is 11.5 Å². The van der Waals surface area contributed by atoms with Gasteiger partial charge in [-0.1, -0.05) is 6.07 Å². The Morgan fingerprint density at radius 1 is 1.14 bits per heavy atom. The van der Waals surface area contributed by atoms with Crippen LogP contribution in [0.4, 0.5) is 5.95 Å². The van der Waals surface area contributed by atoms with Crippen molar-refractivity contribution in [3.05, 3.63) is 41.7 Å². The normalized spacial score (nSPS) is 10.1. The lowest BCUT2D eigenvalue weighted by atomic mass is 10.2. The number of carbonyl (C=O) groups is 1. The average molecular weight is 303 g/mol. The molecule has 0 saturated heterocycles. The summed E-state index contributed by atoms with van der Waals surface area (Å²) in [6.07, 6.45) is 2.91. The topological polar surface area (TPSA) is 93.6 Å². The molecule has 1 aromatic carbocycles. The van der Waals surface area contributed by atoms with E-state index in [-0.39, 0.29) is 6.42 Å². The molecule has 0 aliphatic heterocycles. The molecule has 2 N–H and O–H groups in total. The number of aromatic nitrogens is 2. The number of ether oxygens (including phenoxy) is 2. The molecule has 22 heavy (non-hydrogen) atoms. The van der Waals surface area contributed by atoms with E-state index in [9.17, 15) is 4.79 Å². The molecular weight excluding hydrogens is 286 g/mol. The Balaban J connectivity index is 1.99. The summed E-state index contributed by atoms with van der Waals surface area (Å²) in [5.74, 6) is 0.846. The molecule has 116 valence electrons. The van der Waals surface area contributed by atoms with E-state index in [1.54, 1.807) is 14.2 Å². The molecule has 0 radical (unpaired) electrons. The molecule has 0 unspecified atom stereocenters. The van der Waals surface area contributed by atoms with E-state index < -0.39 is 5.97 Å². The maximum Gasteiger partial charge on any atom is 0.307 e. The molecule has 1 aromatic heterocycles. The number of carboxylic acid groups (broad SMARTS) is 1. The summed E-state index contributed by atoms with van der Waals surface area (Å²) in [7, 11) is 3.17. The first-order chi connectivity index (χ1) is 10.6. The number of methoxy groups -OCH3 is 2. The molecule has 1 heterocycles. The van der Waals surface area contributed by atoms with Crippen molar-refractivity contribution < 1.29 is 19.4 Å². The predicted octanol–water partition coefficient (Wildman–Crippen LogP) is 1.73. The summed E-state index contributed by atoms with van der Waals surface area (Å²) >= 11 is 0. The number of hydrogen-bond donors (Lipinski definition) is 2. The highest BCUT2D eigenvalue weighted by molar-refractivity contribution is 5.69. The van der Waals surface area contributed by atoms with Gasteiger partial charge < -0.3 is 19.9 Å². The fraction of sp³-hybridized carbons (Fsp3) is 0.267. The molecule has 0 spiro atoms. The van der Waals surface area contributed by atoms with Gasteiger partial charge >= 0.3 is 5.97 Å². The van der Waals surface area contributed by atoms with E-state index in [4.69, 9.17) is 14.6 Å². The van der Waals surface area contributed by atoms with Crippen molar-refractivity contribution in [3.63, 3.8) is 0 Å². The molecule has 2 aromatic rings. The van der Waals surface area contributed by atoms with Crippen molar-refractivity contribution in [2.45, 2.75) is 13.0 Å². The van der Waals surface area contributed by atoms with E-state index in [0.29, 0.717) is 29.6 Å². The van der Waals surface area contributed by atoms with Gasteiger partial charge in [-0.15, -0.1) is 0 Å². The number of anilines is 1. The molecule has 0 atom stereocenters. The fourth-order valence-electron chi connectivity index (χ4n) is 1.88. The van der Waals surface area contributed by atoms with Crippen molar-refractivity contribution in [3.8, 4) is 11.5 Å². The van der Waals surface area contributed by atoms with Gasteiger partial charge in [0.2, 0.25) is 5.95 Å². The van der Waals surface area contributed by atoms with Crippen LogP contribution in [0.15, 0.2) is 30.6 Å². The second-order valence-electron chi connectivity index (χ2n) is 4.53. The summed E-state index contributed by atoms with van der Waals surface area (Å²) in [4.78, 5) is 18.7. The summed E-state index contributed by atoms with van der Waals surface area (Å²) in [6, 6.07) is 5.60. The van der Waals surface area contributed by atoms with E-state index in [2.05, 4.69) is 15.3 Å². The van der Waals surface area contributed by atoms with E-state index >= 15 is 0 Å². The third-order valence-corrected chi connectivity index (χ3v) is 2.96. The third kappa shape index (κ3) is 4.08. The lowest BCUT2D eigenvalue weighted by molar-refractivity contribution is -0.136. The smallest absolute Gasteiger partial charge is 0.307 e. The van der Waals surface area contributed by atoms with Crippen LogP contribution in [0, 0.1) is 0 Å². The minimum atomic E-state index is -0.908. The Morgan fingerprint density at radius 3 is 2.41 bits per heavy atom. The SMILES string of the molecule is COc1ccc(CNc2ncc(CC(=O)O)cn2)cc1OC. The van der Waals surface area contributed by atoms with Gasteiger partial charge in [0.05, 0.1) is 20.6 Å². The lowest BCUT2D eigenvalue weighted by Gasteiger charge is -2.10. The fourth-order valence-corrected chi connectivity index (χ4v) is 1.88. The van der Waals surface area contributed by atoms with Gasteiger partial charge in [-0.25, -0.2) is 9.97 Å². The number of hydrogen-bond acceptors (Lipinski definition) is 6. The summed E-state index contributed by atoms with van der Waals surface area (Å²) < 4.78 is 10.4. The van der Waals surface area contributed by atoms with Crippen molar-refractivity contribution in [1.82, 2.24) is 9.97 Å². The second kappa shape index (κ2) is 7.26. The zero-order valence-corrected chi connectivity index (χ0v) is 12.4. The minimum absolute atomic E-state index is 0.0873. The van der Waals surface area contributed by atoms with Crippen LogP contribution in [0.3, 0.4) is 0 Å². The summed E-state index contributed by atoms with van der Waals surface area (Å²) in [5, 5.41) is 11.8. The lowest BCUT2D eigenvalue weighted by Crippen LogP contribution is -2.06. The monoisotopic (exact) mass is 303 g/mol. The van der Waals surface area contributed by atoms with Crippen LogP contribution in [0.2, 0.25) is 0 Å². The molecule has 7 heteroatoms. The molecular formula is C15H17N3O4. The van der Waals surface area contributed by atoms with Crippen LogP contribution in [0.1, 0.15) is 11.1 Å². The Hall–Kier alpha value is -2.83. The number of rotatable bonds is 7. The van der Waals surface area contributed by atoms with Crippen LogP contribution in [0.25, 0.3) is 0 Å². The van der Waals surface area contributed by atoms with Crippen LogP contribution >= 0.6 is 0 Å². The molecule has 7 nitrogen and oxygen atoms in total. The third-order valence-electron chi connectivity index (χ3n) is 2.96. The average Bonchev–Trinajstić information content (AvgIpc) is 2.53. The second-order valence-corrected chi connectivity index (χ2v) is 4.53. The molecule has 0 bridgehead atoms. The minimum Gasteiger partial charge on any atom is -0.493 e.